The Kier molecular flexibility index (Phi) is 5.83. The van der Waals surface area contributed by atoms with Crippen LogP contribution in [-0.2, 0) is 11.8 Å². The molecule has 0 fully saturated rings. The summed E-state index contributed by atoms with van der Waals surface area (Å²) in [5.74, 6) is -0.341. The average Bonchev–Trinajstić information content (AvgIpc) is 3.21. The van der Waals surface area contributed by atoms with Crippen molar-refractivity contribution >= 4 is 95.4 Å². The first-order chi connectivity index (χ1) is 15.3. The molecule has 0 saturated carbocycles. The molecule has 0 spiro atoms. The van der Waals surface area contributed by atoms with Crippen molar-refractivity contribution in [2.24, 2.45) is 7.05 Å². The van der Waals surface area contributed by atoms with Gasteiger partial charge in [-0.1, -0.05) is 29.1 Å². The van der Waals surface area contributed by atoms with Gasteiger partial charge in [0.05, 0.1) is 23.7 Å². The molecular formula is C21H12B5N5O. The number of rotatable bonds is 4. The van der Waals surface area contributed by atoms with Crippen molar-refractivity contribution in [2.75, 3.05) is 5.32 Å². The zero-order chi connectivity index (χ0) is 23.0. The second kappa shape index (κ2) is 8.57. The lowest BCUT2D eigenvalue weighted by Crippen LogP contribution is -2.55. The highest BCUT2D eigenvalue weighted by Crippen LogP contribution is 2.23. The highest BCUT2D eigenvalue weighted by atomic mass is 16.1. The molecule has 142 valence electrons. The number of aromatic nitrogens is 4. The van der Waals surface area contributed by atoms with E-state index in [-0.39, 0.29) is 33.3 Å². The summed E-state index contributed by atoms with van der Waals surface area (Å²) in [6.45, 7) is 0. The van der Waals surface area contributed by atoms with Crippen LogP contribution >= 0.6 is 0 Å². The molecule has 6 nitrogen and oxygen atoms in total. The van der Waals surface area contributed by atoms with Gasteiger partial charge >= 0.3 is 0 Å². The summed E-state index contributed by atoms with van der Waals surface area (Å²) in [6, 6.07) is 5.77. The molecule has 0 aliphatic carbocycles. The van der Waals surface area contributed by atoms with E-state index in [0.29, 0.717) is 11.1 Å². The van der Waals surface area contributed by atoms with Gasteiger partial charge in [0.25, 0.3) is 5.91 Å². The largest absolute Gasteiger partial charge is 0.334 e. The lowest BCUT2D eigenvalue weighted by Gasteiger charge is -2.18. The van der Waals surface area contributed by atoms with Crippen LogP contribution < -0.4 is 32.6 Å². The predicted molar refractivity (Wildman–Crippen MR) is 133 cm³/mol. The third-order valence-electron chi connectivity index (χ3n) is 5.07. The summed E-state index contributed by atoms with van der Waals surface area (Å²) in [6.07, 6.45) is 7.76. The molecule has 2 heterocycles. The number of imidazole rings is 1. The molecule has 4 aromatic rings. The van der Waals surface area contributed by atoms with E-state index in [9.17, 15) is 4.79 Å². The number of benzene rings is 2. The normalized spacial score (nSPS) is 11.3. The summed E-state index contributed by atoms with van der Waals surface area (Å²) >= 11 is 0. The van der Waals surface area contributed by atoms with Gasteiger partial charge in [0, 0.05) is 30.3 Å². The van der Waals surface area contributed by atoms with Crippen LogP contribution in [0.2, 0.25) is 0 Å². The van der Waals surface area contributed by atoms with Crippen molar-refractivity contribution in [1.82, 2.24) is 19.5 Å². The summed E-state index contributed by atoms with van der Waals surface area (Å²) in [4.78, 5) is 25.2. The van der Waals surface area contributed by atoms with Crippen molar-refractivity contribution in [3.63, 3.8) is 0 Å². The third kappa shape index (κ3) is 4.02. The molecule has 0 aliphatic heterocycles. The number of carbonyl (C=O) groups is 1. The third-order valence-corrected chi connectivity index (χ3v) is 5.07. The molecule has 11 heteroatoms. The van der Waals surface area contributed by atoms with Crippen LogP contribution in [0.5, 0.6) is 0 Å². The molecule has 10 radical (unpaired) electrons. The van der Waals surface area contributed by atoms with Crippen LogP contribution in [0.25, 0.3) is 28.2 Å². The molecule has 4 rings (SSSR count). The van der Waals surface area contributed by atoms with Crippen LogP contribution in [0.3, 0.4) is 0 Å². The summed E-state index contributed by atoms with van der Waals surface area (Å²) < 4.78 is 1.91. The molecule has 2 aromatic heterocycles. The van der Waals surface area contributed by atoms with E-state index in [2.05, 4.69) is 20.3 Å². The minimum Gasteiger partial charge on any atom is -0.334 e. The smallest absolute Gasteiger partial charge is 0.250 e. The number of hydrogen-bond donors (Lipinski definition) is 1. The van der Waals surface area contributed by atoms with Crippen molar-refractivity contribution in [1.29, 1.82) is 0 Å². The van der Waals surface area contributed by atoms with Crippen molar-refractivity contribution in [3.8, 4) is 11.3 Å². The molecule has 1 N–H and O–H groups in total. The number of aryl methyl sites for hydroxylation is 1. The van der Waals surface area contributed by atoms with E-state index in [0.717, 1.165) is 16.6 Å². The van der Waals surface area contributed by atoms with E-state index in [1.807, 2.05) is 29.8 Å². The number of fused-ring (bicyclic) bond motifs is 1. The molecular weight excluding hydrogens is 392 g/mol. The zero-order valence-corrected chi connectivity index (χ0v) is 17.2. The van der Waals surface area contributed by atoms with Gasteiger partial charge in [-0.05, 0) is 11.6 Å². The number of hydrogen-bond acceptors (Lipinski definition) is 4. The quantitative estimate of drug-likeness (QED) is 0.306. The van der Waals surface area contributed by atoms with Gasteiger partial charge in [-0.2, -0.15) is 0 Å². The molecule has 0 saturated heterocycles. The number of anilines is 1. The standard InChI is InChI=1S/C21H12B5N5O/c1-31-9-27-8-14(31)10-2-3-11-7-28-21(29-13(11)6-10)30-15(32)5-4-12-16(22)18(24)20(26)19(25)17(12)23/h2-9H,1H3,(H,28,29,30,32)/b5-4+. The average molecular weight is 404 g/mol. The van der Waals surface area contributed by atoms with Gasteiger partial charge in [-0.15, -0.1) is 16.4 Å². The van der Waals surface area contributed by atoms with Crippen LogP contribution in [0.15, 0.2) is 43.0 Å². The van der Waals surface area contributed by atoms with Gasteiger partial charge in [0.1, 0.15) is 39.2 Å². The first-order valence-corrected chi connectivity index (χ1v) is 9.50. The van der Waals surface area contributed by atoms with E-state index < -0.39 is 5.91 Å². The Bertz CT molecular complexity index is 1370. The lowest BCUT2D eigenvalue weighted by molar-refractivity contribution is -0.111. The Balaban J connectivity index is 1.58. The Morgan fingerprint density at radius 3 is 2.34 bits per heavy atom. The van der Waals surface area contributed by atoms with E-state index in [4.69, 9.17) is 39.2 Å². The number of amides is 1. The van der Waals surface area contributed by atoms with E-state index in [1.54, 1.807) is 18.7 Å². The van der Waals surface area contributed by atoms with Crippen LogP contribution in [0, 0.1) is 0 Å². The molecule has 0 unspecified atom stereocenters. The number of nitrogens with zero attached hydrogens (tertiary/aromatic N) is 4. The van der Waals surface area contributed by atoms with Gasteiger partial charge in [-0.25, -0.2) is 15.0 Å². The first-order valence-electron chi connectivity index (χ1n) is 9.50. The Hall–Kier alpha value is -3.48. The topological polar surface area (TPSA) is 72.7 Å². The van der Waals surface area contributed by atoms with Crippen molar-refractivity contribution < 1.29 is 4.79 Å². The van der Waals surface area contributed by atoms with E-state index in [1.165, 1.54) is 12.2 Å². The zero-order valence-electron chi connectivity index (χ0n) is 17.2. The van der Waals surface area contributed by atoms with Gasteiger partial charge in [0.15, 0.2) is 0 Å². The SMILES string of the molecule is [B]c1c([B])c([B])c(/C=C/C(=O)Nc2ncc3ccc(-c4cncn4C)cc3n2)c([B])c1[B]. The monoisotopic (exact) mass is 405 g/mol. The molecule has 0 atom stereocenters. The van der Waals surface area contributed by atoms with Crippen molar-refractivity contribution in [2.45, 2.75) is 0 Å². The maximum Gasteiger partial charge on any atom is 0.250 e. The fraction of sp³-hybridized carbons (Fsp3) is 0.0476. The minimum atomic E-state index is -0.486. The molecule has 0 aliphatic rings. The molecule has 32 heavy (non-hydrogen) atoms. The maximum absolute atomic E-state index is 12.4. The predicted octanol–water partition coefficient (Wildman–Crippen LogP) is -2.35. The van der Waals surface area contributed by atoms with E-state index >= 15 is 0 Å². The molecule has 2 aromatic carbocycles. The second-order valence-electron chi connectivity index (χ2n) is 7.16. The molecule has 0 bridgehead atoms. The lowest BCUT2D eigenvalue weighted by atomic mass is 9.60. The van der Waals surface area contributed by atoms with Crippen LogP contribution in [0.4, 0.5) is 5.95 Å². The number of carbonyl (C=O) groups excluding carboxylic acids is 1. The Morgan fingerprint density at radius 1 is 1.00 bits per heavy atom. The Morgan fingerprint density at radius 2 is 1.69 bits per heavy atom. The highest BCUT2D eigenvalue weighted by Gasteiger charge is 2.10. The second-order valence-corrected chi connectivity index (χ2v) is 7.16. The van der Waals surface area contributed by atoms with Crippen LogP contribution in [0.1, 0.15) is 5.56 Å². The maximum atomic E-state index is 12.4. The first kappa shape index (κ1) is 21.7. The molecule has 1 amide bonds. The minimum absolute atomic E-state index is 0.108. The van der Waals surface area contributed by atoms with Crippen molar-refractivity contribution in [3.05, 3.63) is 48.6 Å². The highest BCUT2D eigenvalue weighted by molar-refractivity contribution is 6.67. The van der Waals surface area contributed by atoms with Crippen LogP contribution in [-0.4, -0.2) is 64.7 Å². The Labute approximate surface area is 192 Å². The van der Waals surface area contributed by atoms with Gasteiger partial charge < -0.3 is 4.57 Å². The summed E-state index contributed by atoms with van der Waals surface area (Å²) in [5.41, 5.74) is 3.48. The fourth-order valence-corrected chi connectivity index (χ4v) is 3.24. The summed E-state index contributed by atoms with van der Waals surface area (Å²) in [7, 11) is 31.3. The fourth-order valence-electron chi connectivity index (χ4n) is 3.24. The van der Waals surface area contributed by atoms with Gasteiger partial charge in [-0.3, -0.25) is 10.1 Å². The number of nitrogens with one attached hydrogen (secondary N) is 1. The van der Waals surface area contributed by atoms with Gasteiger partial charge in [0.2, 0.25) is 5.95 Å². The summed E-state index contributed by atoms with van der Waals surface area (Å²) in [5, 5.41) is 3.45.